The van der Waals surface area contributed by atoms with Crippen LogP contribution in [-0.2, 0) is 0 Å². The Hall–Kier alpha value is -2.63. The molecule has 1 heterocycles. The summed E-state index contributed by atoms with van der Waals surface area (Å²) in [7, 11) is 1.47. The molecular formula is C14H14N2O4. The molecule has 1 N–H and O–H groups in total. The molecule has 0 bridgehead atoms. The molecule has 0 aliphatic rings. The number of aromatic nitrogens is 2. The van der Waals surface area contributed by atoms with Crippen LogP contribution in [-0.4, -0.2) is 28.2 Å². The number of aryl methyl sites for hydroxylation is 2. The fourth-order valence-electron chi connectivity index (χ4n) is 1.73. The van der Waals surface area contributed by atoms with Gasteiger partial charge in [0, 0.05) is 11.4 Å². The van der Waals surface area contributed by atoms with Crippen molar-refractivity contribution in [2.75, 3.05) is 7.11 Å². The zero-order valence-corrected chi connectivity index (χ0v) is 11.4. The van der Waals surface area contributed by atoms with Gasteiger partial charge in [-0.15, -0.1) is 0 Å². The van der Waals surface area contributed by atoms with Crippen LogP contribution in [0.25, 0.3) is 0 Å². The highest BCUT2D eigenvalue weighted by Crippen LogP contribution is 2.27. The molecule has 0 spiro atoms. The number of hydrogen-bond acceptors (Lipinski definition) is 5. The molecule has 0 aliphatic carbocycles. The van der Waals surface area contributed by atoms with Crippen molar-refractivity contribution < 1.29 is 19.4 Å². The van der Waals surface area contributed by atoms with Crippen LogP contribution in [0.2, 0.25) is 0 Å². The van der Waals surface area contributed by atoms with Crippen LogP contribution < -0.4 is 9.47 Å². The molecule has 0 amide bonds. The maximum atomic E-state index is 11.2. The Morgan fingerprint density at radius 2 is 1.80 bits per heavy atom. The van der Waals surface area contributed by atoms with Crippen molar-refractivity contribution in [3.8, 4) is 17.5 Å². The maximum absolute atomic E-state index is 11.2. The molecular weight excluding hydrogens is 260 g/mol. The van der Waals surface area contributed by atoms with E-state index in [4.69, 9.17) is 9.47 Å². The zero-order valence-electron chi connectivity index (χ0n) is 11.4. The second-order valence-corrected chi connectivity index (χ2v) is 4.20. The third kappa shape index (κ3) is 3.03. The Balaban J connectivity index is 2.39. The highest BCUT2D eigenvalue weighted by Gasteiger charge is 2.15. The minimum Gasteiger partial charge on any atom is -0.497 e. The number of benzene rings is 1. The molecule has 0 atom stereocenters. The first kappa shape index (κ1) is 13.8. The van der Waals surface area contributed by atoms with Crippen molar-refractivity contribution in [3.63, 3.8) is 0 Å². The standard InChI is InChI=1S/C14H14N2O4/c1-8-6-9(2)16-14(15-8)20-12-5-4-10(19-3)7-11(12)13(17)18/h4-7H,1-3H3,(H,17,18). The van der Waals surface area contributed by atoms with Gasteiger partial charge in [0.25, 0.3) is 0 Å². The maximum Gasteiger partial charge on any atom is 0.339 e. The lowest BCUT2D eigenvalue weighted by Crippen LogP contribution is -2.03. The highest BCUT2D eigenvalue weighted by molar-refractivity contribution is 5.91. The lowest BCUT2D eigenvalue weighted by molar-refractivity contribution is 0.0693. The van der Waals surface area contributed by atoms with Crippen molar-refractivity contribution in [3.05, 3.63) is 41.2 Å². The van der Waals surface area contributed by atoms with Gasteiger partial charge in [0.1, 0.15) is 17.1 Å². The predicted octanol–water partition coefficient (Wildman–Crippen LogP) is 2.59. The molecule has 0 saturated carbocycles. The van der Waals surface area contributed by atoms with Gasteiger partial charge in [-0.25, -0.2) is 14.8 Å². The average molecular weight is 274 g/mol. The smallest absolute Gasteiger partial charge is 0.339 e. The Kier molecular flexibility index (Phi) is 3.84. The summed E-state index contributed by atoms with van der Waals surface area (Å²) in [6, 6.07) is 6.45. The second kappa shape index (κ2) is 5.56. The zero-order chi connectivity index (χ0) is 14.7. The highest BCUT2D eigenvalue weighted by atomic mass is 16.5. The van der Waals surface area contributed by atoms with E-state index in [1.165, 1.54) is 19.2 Å². The number of carboxylic acid groups (broad SMARTS) is 1. The SMILES string of the molecule is COc1ccc(Oc2nc(C)cc(C)n2)c(C(=O)O)c1. The first-order valence-corrected chi connectivity index (χ1v) is 5.91. The second-order valence-electron chi connectivity index (χ2n) is 4.20. The predicted molar refractivity (Wildman–Crippen MR) is 71.5 cm³/mol. The number of nitrogens with zero attached hydrogens (tertiary/aromatic N) is 2. The lowest BCUT2D eigenvalue weighted by Gasteiger charge is -2.09. The molecule has 6 heteroatoms. The molecule has 104 valence electrons. The molecule has 0 fully saturated rings. The van der Waals surface area contributed by atoms with Crippen molar-refractivity contribution in [1.82, 2.24) is 9.97 Å². The van der Waals surface area contributed by atoms with Crippen molar-refractivity contribution >= 4 is 5.97 Å². The van der Waals surface area contributed by atoms with E-state index in [1.807, 2.05) is 13.8 Å². The van der Waals surface area contributed by atoms with Crippen LogP contribution in [0.4, 0.5) is 0 Å². The molecule has 0 saturated heterocycles. The number of carboxylic acids is 1. The third-order valence-corrected chi connectivity index (χ3v) is 2.58. The molecule has 0 unspecified atom stereocenters. The van der Waals surface area contributed by atoms with Crippen LogP contribution in [0, 0.1) is 13.8 Å². The lowest BCUT2D eigenvalue weighted by atomic mass is 10.2. The fraction of sp³-hybridized carbons (Fsp3) is 0.214. The molecule has 2 rings (SSSR count). The first-order chi connectivity index (χ1) is 9.49. The topological polar surface area (TPSA) is 81.5 Å². The minimum atomic E-state index is -1.11. The molecule has 6 nitrogen and oxygen atoms in total. The quantitative estimate of drug-likeness (QED) is 0.922. The number of rotatable bonds is 4. The van der Waals surface area contributed by atoms with Gasteiger partial charge in [-0.1, -0.05) is 0 Å². The number of hydrogen-bond donors (Lipinski definition) is 1. The minimum absolute atomic E-state index is 0.00731. The van der Waals surface area contributed by atoms with Crippen LogP contribution in [0.3, 0.4) is 0 Å². The van der Waals surface area contributed by atoms with Crippen molar-refractivity contribution in [2.45, 2.75) is 13.8 Å². The van der Waals surface area contributed by atoms with E-state index in [2.05, 4.69) is 9.97 Å². The number of methoxy groups -OCH3 is 1. The fourth-order valence-corrected chi connectivity index (χ4v) is 1.73. The van der Waals surface area contributed by atoms with Gasteiger partial charge in [-0.2, -0.15) is 0 Å². The van der Waals surface area contributed by atoms with E-state index < -0.39 is 5.97 Å². The third-order valence-electron chi connectivity index (χ3n) is 2.58. The van der Waals surface area contributed by atoms with Crippen LogP contribution in [0.1, 0.15) is 21.7 Å². The van der Waals surface area contributed by atoms with E-state index >= 15 is 0 Å². The summed E-state index contributed by atoms with van der Waals surface area (Å²) in [5, 5.41) is 9.20. The van der Waals surface area contributed by atoms with Crippen LogP contribution in [0.15, 0.2) is 24.3 Å². The Bertz CT molecular complexity index is 635. The molecule has 1 aromatic heterocycles. The normalized spacial score (nSPS) is 10.2. The van der Waals surface area contributed by atoms with Gasteiger partial charge in [0.2, 0.25) is 0 Å². The number of aromatic carboxylic acids is 1. The number of ether oxygens (including phenoxy) is 2. The summed E-state index contributed by atoms with van der Waals surface area (Å²) in [4.78, 5) is 19.5. The first-order valence-electron chi connectivity index (χ1n) is 5.91. The van der Waals surface area contributed by atoms with Gasteiger partial charge in [-0.3, -0.25) is 0 Å². The Morgan fingerprint density at radius 1 is 1.15 bits per heavy atom. The van der Waals surface area contributed by atoms with Gasteiger partial charge in [0.15, 0.2) is 0 Å². The molecule has 1 aromatic carbocycles. The summed E-state index contributed by atoms with van der Waals surface area (Å²) >= 11 is 0. The molecule has 2 aromatic rings. The van der Waals surface area contributed by atoms with Crippen LogP contribution >= 0.6 is 0 Å². The van der Waals surface area contributed by atoms with Gasteiger partial charge in [0.05, 0.1) is 7.11 Å². The summed E-state index contributed by atoms with van der Waals surface area (Å²) in [5.74, 6) is -0.498. The van der Waals surface area contributed by atoms with E-state index in [0.717, 1.165) is 11.4 Å². The summed E-state index contributed by atoms with van der Waals surface area (Å²) in [6.45, 7) is 3.63. The Morgan fingerprint density at radius 3 is 2.35 bits per heavy atom. The van der Waals surface area contributed by atoms with Crippen molar-refractivity contribution in [2.24, 2.45) is 0 Å². The summed E-state index contributed by atoms with van der Waals surface area (Å²) < 4.78 is 10.5. The van der Waals surface area contributed by atoms with Gasteiger partial charge >= 0.3 is 12.0 Å². The molecule has 0 aliphatic heterocycles. The summed E-state index contributed by atoms with van der Waals surface area (Å²) in [5.41, 5.74) is 1.49. The Labute approximate surface area is 116 Å². The van der Waals surface area contributed by atoms with E-state index in [0.29, 0.717) is 5.75 Å². The summed E-state index contributed by atoms with van der Waals surface area (Å²) in [6.07, 6.45) is 0. The largest absolute Gasteiger partial charge is 0.497 e. The molecule has 0 radical (unpaired) electrons. The molecule has 20 heavy (non-hydrogen) atoms. The van der Waals surface area contributed by atoms with E-state index in [-0.39, 0.29) is 17.3 Å². The van der Waals surface area contributed by atoms with E-state index in [9.17, 15) is 9.90 Å². The van der Waals surface area contributed by atoms with E-state index in [1.54, 1.807) is 12.1 Å². The number of carbonyl (C=O) groups is 1. The van der Waals surface area contributed by atoms with Gasteiger partial charge in [-0.05, 0) is 38.1 Å². The van der Waals surface area contributed by atoms with Crippen molar-refractivity contribution in [1.29, 1.82) is 0 Å². The monoisotopic (exact) mass is 274 g/mol. The van der Waals surface area contributed by atoms with Gasteiger partial charge < -0.3 is 14.6 Å². The van der Waals surface area contributed by atoms with Crippen LogP contribution in [0.5, 0.6) is 17.5 Å². The average Bonchev–Trinajstić information content (AvgIpc) is 2.37.